The normalized spacial score (nSPS) is 12.0. The standard InChI is InChI=1S/C14H16N2O/c1-8(2)13-14-12(9(3)16(13)15)10-6-4-5-7-11(10)17-14/h4-8H,15H2,1-3H3. The minimum Gasteiger partial charge on any atom is -0.454 e. The Hall–Kier alpha value is -1.90. The van der Waals surface area contributed by atoms with Crippen molar-refractivity contribution in [3.63, 3.8) is 0 Å². The number of nitrogens with two attached hydrogens (primary N) is 1. The molecule has 3 heteroatoms. The number of hydrogen-bond acceptors (Lipinski definition) is 2. The third kappa shape index (κ3) is 1.22. The molecule has 88 valence electrons. The number of aryl methyl sites for hydroxylation is 1. The van der Waals surface area contributed by atoms with Gasteiger partial charge in [0, 0.05) is 11.1 Å². The van der Waals surface area contributed by atoms with E-state index in [2.05, 4.69) is 19.9 Å². The number of nitrogens with zero attached hydrogens (tertiary/aromatic N) is 1. The number of rotatable bonds is 1. The zero-order chi connectivity index (χ0) is 12.2. The van der Waals surface area contributed by atoms with Gasteiger partial charge in [0.2, 0.25) is 0 Å². The maximum Gasteiger partial charge on any atom is 0.158 e. The van der Waals surface area contributed by atoms with Crippen LogP contribution in [0.5, 0.6) is 0 Å². The molecule has 0 aliphatic heterocycles. The van der Waals surface area contributed by atoms with E-state index in [0.717, 1.165) is 33.3 Å². The average Bonchev–Trinajstić information content (AvgIpc) is 2.76. The molecule has 2 N–H and O–H groups in total. The third-order valence-electron chi connectivity index (χ3n) is 3.36. The minimum absolute atomic E-state index is 0.344. The van der Waals surface area contributed by atoms with Gasteiger partial charge in [-0.25, -0.2) is 0 Å². The van der Waals surface area contributed by atoms with Gasteiger partial charge < -0.3 is 10.3 Å². The molecule has 3 rings (SSSR count). The van der Waals surface area contributed by atoms with Crippen LogP contribution in [-0.2, 0) is 0 Å². The lowest BCUT2D eigenvalue weighted by Crippen LogP contribution is -2.14. The minimum atomic E-state index is 0.344. The van der Waals surface area contributed by atoms with Crippen LogP contribution in [-0.4, -0.2) is 4.68 Å². The molecule has 0 aliphatic carbocycles. The highest BCUT2D eigenvalue weighted by molar-refractivity contribution is 6.07. The van der Waals surface area contributed by atoms with Crippen LogP contribution in [0.15, 0.2) is 28.7 Å². The summed E-state index contributed by atoms with van der Waals surface area (Å²) in [7, 11) is 0. The number of nitrogen functional groups attached to an aromatic ring is 1. The molecule has 0 bridgehead atoms. The summed E-state index contributed by atoms with van der Waals surface area (Å²) in [5, 5.41) is 2.29. The van der Waals surface area contributed by atoms with Crippen LogP contribution >= 0.6 is 0 Å². The molecular weight excluding hydrogens is 212 g/mol. The molecule has 0 atom stereocenters. The Bertz CT molecular complexity index is 704. The molecule has 2 aromatic heterocycles. The molecule has 3 aromatic rings. The van der Waals surface area contributed by atoms with E-state index in [1.165, 1.54) is 0 Å². The Labute approximate surface area is 99.8 Å². The van der Waals surface area contributed by atoms with Gasteiger partial charge in [0.15, 0.2) is 5.58 Å². The van der Waals surface area contributed by atoms with E-state index < -0.39 is 0 Å². The van der Waals surface area contributed by atoms with Gasteiger partial charge in [0.1, 0.15) is 5.58 Å². The second kappa shape index (κ2) is 3.29. The zero-order valence-electron chi connectivity index (χ0n) is 10.3. The van der Waals surface area contributed by atoms with E-state index >= 15 is 0 Å². The first-order valence-corrected chi connectivity index (χ1v) is 5.88. The second-order valence-electron chi connectivity index (χ2n) is 4.80. The van der Waals surface area contributed by atoms with Crippen molar-refractivity contribution in [2.75, 3.05) is 5.84 Å². The molecule has 2 heterocycles. The van der Waals surface area contributed by atoms with E-state index in [-0.39, 0.29) is 0 Å². The highest BCUT2D eigenvalue weighted by Gasteiger charge is 2.21. The maximum atomic E-state index is 6.11. The Morgan fingerprint density at radius 3 is 2.65 bits per heavy atom. The van der Waals surface area contributed by atoms with Crippen molar-refractivity contribution in [2.24, 2.45) is 0 Å². The summed E-state index contributed by atoms with van der Waals surface area (Å²) in [6, 6.07) is 8.10. The van der Waals surface area contributed by atoms with Crippen LogP contribution in [0, 0.1) is 6.92 Å². The Kier molecular flexibility index (Phi) is 1.99. The molecule has 0 spiro atoms. The SMILES string of the molecule is Cc1c2c(oc3ccccc32)c(C(C)C)n1N. The topological polar surface area (TPSA) is 44.1 Å². The fourth-order valence-electron chi connectivity index (χ4n) is 2.54. The van der Waals surface area contributed by atoms with Crippen LogP contribution in [0.1, 0.15) is 31.2 Å². The van der Waals surface area contributed by atoms with Crippen molar-refractivity contribution in [1.82, 2.24) is 4.68 Å². The van der Waals surface area contributed by atoms with Crippen molar-refractivity contribution < 1.29 is 4.42 Å². The predicted molar refractivity (Wildman–Crippen MR) is 70.7 cm³/mol. The van der Waals surface area contributed by atoms with Gasteiger partial charge in [-0.05, 0) is 18.9 Å². The van der Waals surface area contributed by atoms with Gasteiger partial charge in [-0.2, -0.15) is 0 Å². The molecule has 17 heavy (non-hydrogen) atoms. The number of aromatic nitrogens is 1. The number of para-hydroxylation sites is 1. The smallest absolute Gasteiger partial charge is 0.158 e. The van der Waals surface area contributed by atoms with Crippen LogP contribution in [0.3, 0.4) is 0 Å². The summed E-state index contributed by atoms with van der Waals surface area (Å²) in [6.07, 6.45) is 0. The van der Waals surface area contributed by atoms with Crippen molar-refractivity contribution in [3.05, 3.63) is 35.7 Å². The molecule has 0 saturated carbocycles. The summed E-state index contributed by atoms with van der Waals surface area (Å²) >= 11 is 0. The number of benzene rings is 1. The molecule has 0 fully saturated rings. The largest absolute Gasteiger partial charge is 0.454 e. The first kappa shape index (κ1) is 10.3. The van der Waals surface area contributed by atoms with Crippen LogP contribution < -0.4 is 5.84 Å². The van der Waals surface area contributed by atoms with Crippen molar-refractivity contribution in [1.29, 1.82) is 0 Å². The summed E-state index contributed by atoms with van der Waals surface area (Å²) < 4.78 is 7.70. The number of hydrogen-bond donors (Lipinski definition) is 1. The Balaban J connectivity index is 2.55. The molecule has 0 amide bonds. The lowest BCUT2D eigenvalue weighted by Gasteiger charge is -2.07. The quantitative estimate of drug-likeness (QED) is 0.647. The van der Waals surface area contributed by atoms with E-state index in [9.17, 15) is 0 Å². The maximum absolute atomic E-state index is 6.11. The van der Waals surface area contributed by atoms with Gasteiger partial charge in [-0.3, -0.25) is 4.68 Å². The molecule has 0 radical (unpaired) electrons. The van der Waals surface area contributed by atoms with Crippen molar-refractivity contribution >= 4 is 21.9 Å². The van der Waals surface area contributed by atoms with Crippen LogP contribution in [0.25, 0.3) is 21.9 Å². The summed E-state index contributed by atoms with van der Waals surface area (Å²) in [5.41, 5.74) is 3.99. The lowest BCUT2D eigenvalue weighted by molar-refractivity contribution is 0.645. The fourth-order valence-corrected chi connectivity index (χ4v) is 2.54. The molecule has 3 nitrogen and oxygen atoms in total. The summed E-state index contributed by atoms with van der Waals surface area (Å²) in [4.78, 5) is 0. The van der Waals surface area contributed by atoms with E-state index in [1.807, 2.05) is 25.1 Å². The second-order valence-corrected chi connectivity index (χ2v) is 4.80. The summed E-state index contributed by atoms with van der Waals surface area (Å²) in [6.45, 7) is 6.30. The van der Waals surface area contributed by atoms with Gasteiger partial charge in [0.25, 0.3) is 0 Å². The highest BCUT2D eigenvalue weighted by Crippen LogP contribution is 2.36. The molecule has 1 aromatic carbocycles. The monoisotopic (exact) mass is 228 g/mol. The average molecular weight is 228 g/mol. The number of fused-ring (bicyclic) bond motifs is 3. The van der Waals surface area contributed by atoms with Crippen LogP contribution in [0.4, 0.5) is 0 Å². The lowest BCUT2D eigenvalue weighted by atomic mass is 10.1. The highest BCUT2D eigenvalue weighted by atomic mass is 16.3. The van der Waals surface area contributed by atoms with E-state index in [0.29, 0.717) is 5.92 Å². The van der Waals surface area contributed by atoms with Gasteiger partial charge in [-0.1, -0.05) is 32.0 Å². The van der Waals surface area contributed by atoms with Gasteiger partial charge >= 0.3 is 0 Å². The molecule has 0 unspecified atom stereocenters. The van der Waals surface area contributed by atoms with E-state index in [1.54, 1.807) is 4.68 Å². The fraction of sp³-hybridized carbons (Fsp3) is 0.286. The summed E-state index contributed by atoms with van der Waals surface area (Å²) in [5.74, 6) is 6.45. The zero-order valence-corrected chi connectivity index (χ0v) is 10.3. The van der Waals surface area contributed by atoms with Gasteiger partial charge in [-0.15, -0.1) is 0 Å². The first-order valence-electron chi connectivity index (χ1n) is 5.88. The molecular formula is C14H16N2O. The number of furan rings is 1. The van der Waals surface area contributed by atoms with Crippen molar-refractivity contribution in [3.8, 4) is 0 Å². The Morgan fingerprint density at radius 1 is 1.24 bits per heavy atom. The molecule has 0 saturated heterocycles. The van der Waals surface area contributed by atoms with Crippen molar-refractivity contribution in [2.45, 2.75) is 26.7 Å². The molecule has 0 aliphatic rings. The first-order chi connectivity index (χ1) is 8.11. The third-order valence-corrected chi connectivity index (χ3v) is 3.36. The van der Waals surface area contributed by atoms with Gasteiger partial charge in [0.05, 0.1) is 11.1 Å². The Morgan fingerprint density at radius 2 is 1.94 bits per heavy atom. The predicted octanol–water partition coefficient (Wildman–Crippen LogP) is 3.53. The van der Waals surface area contributed by atoms with Crippen LogP contribution in [0.2, 0.25) is 0 Å². The van der Waals surface area contributed by atoms with E-state index in [4.69, 9.17) is 10.3 Å².